The Labute approximate surface area is 395 Å². The molecule has 1 aliphatic rings. The Morgan fingerprint density at radius 3 is 1.24 bits per heavy atom. The van der Waals surface area contributed by atoms with Crippen LogP contribution in [0.4, 0.5) is 22.7 Å². The smallest absolute Gasteiger partial charge is 0.0488 e. The van der Waals surface area contributed by atoms with Crippen molar-refractivity contribution in [2.45, 2.75) is 19.3 Å². The zero-order chi connectivity index (χ0) is 45.5. The first-order valence-corrected chi connectivity index (χ1v) is 23.3. The number of anilines is 4. The minimum atomic E-state index is -0.0728. The van der Waals surface area contributed by atoms with Crippen LogP contribution in [0.15, 0.2) is 243 Å². The maximum Gasteiger partial charge on any atom is 0.0488 e. The van der Waals surface area contributed by atoms with Crippen LogP contribution in [0.3, 0.4) is 0 Å². The normalized spacial score (nSPS) is 12.3. The summed E-state index contributed by atoms with van der Waals surface area (Å²) in [5.74, 6) is 0. The molecule has 11 rings (SSSR count). The first-order chi connectivity index (χ1) is 32.8. The molecular weight excluding hydrogens is 809 g/mol. The Morgan fingerprint density at radius 1 is 0.254 bits per heavy atom. The second kappa shape index (κ2) is 17.3. The van der Waals surface area contributed by atoms with E-state index in [1.165, 1.54) is 94.7 Å². The maximum atomic E-state index is 2.40. The number of fused-ring (bicyclic) bond motifs is 3. The van der Waals surface area contributed by atoms with Crippen molar-refractivity contribution in [2.24, 2.45) is 0 Å². The molecule has 0 aliphatic heterocycles. The standard InChI is InChI=1S/C65H52N2/c1-65(2)61-26-15-14-25-57(61)58-38-37-56(44-62(58)65)67(4)64-40-34-53(46-19-10-6-11-20-46)43-60(64)54-24-16-23-51(41-54)49-29-27-47(28-30-49)48-31-35-55(36-32-48)66(3)63-39-33-52(45-17-8-5-9-18-45)42-59(63)50-21-12-7-13-22-50/h5-44H,1-4H3. The van der Waals surface area contributed by atoms with Crippen molar-refractivity contribution in [3.63, 3.8) is 0 Å². The number of benzene rings is 10. The summed E-state index contributed by atoms with van der Waals surface area (Å²) in [6.45, 7) is 4.70. The summed E-state index contributed by atoms with van der Waals surface area (Å²) < 4.78 is 0. The van der Waals surface area contributed by atoms with E-state index in [-0.39, 0.29) is 5.41 Å². The Hall–Kier alpha value is -8.20. The van der Waals surface area contributed by atoms with Gasteiger partial charge in [-0.15, -0.1) is 0 Å². The lowest BCUT2D eigenvalue weighted by atomic mass is 9.82. The molecule has 0 atom stereocenters. The molecular formula is C65H52N2. The van der Waals surface area contributed by atoms with E-state index in [1.807, 2.05) is 0 Å². The fourth-order valence-electron chi connectivity index (χ4n) is 10.1. The minimum Gasteiger partial charge on any atom is -0.344 e. The number of rotatable bonds is 10. The predicted molar refractivity (Wildman–Crippen MR) is 286 cm³/mol. The highest BCUT2D eigenvalue weighted by molar-refractivity contribution is 5.90. The zero-order valence-electron chi connectivity index (χ0n) is 38.5. The van der Waals surface area contributed by atoms with E-state index < -0.39 is 0 Å². The molecule has 10 aromatic rings. The van der Waals surface area contributed by atoms with Crippen LogP contribution >= 0.6 is 0 Å². The third kappa shape index (κ3) is 7.81. The SMILES string of the molecule is CN(c1ccc(-c2ccc(-c3cccc(-c4cc(-c5ccccc5)ccc4N(C)c4ccc5c(c4)C(C)(C)c4ccccc4-5)c3)cc2)cc1)c1ccc(-c2ccccc2)cc1-c1ccccc1. The number of nitrogens with zero attached hydrogens (tertiary/aromatic N) is 2. The molecule has 0 radical (unpaired) electrons. The minimum absolute atomic E-state index is 0.0728. The van der Waals surface area contributed by atoms with Gasteiger partial charge in [0.2, 0.25) is 0 Å². The van der Waals surface area contributed by atoms with E-state index in [9.17, 15) is 0 Å². The zero-order valence-corrected chi connectivity index (χ0v) is 38.5. The molecule has 2 nitrogen and oxygen atoms in total. The third-order valence-electron chi connectivity index (χ3n) is 13.9. The van der Waals surface area contributed by atoms with Gasteiger partial charge in [-0.1, -0.05) is 202 Å². The monoisotopic (exact) mass is 860 g/mol. The fraction of sp³-hybridized carbons (Fsp3) is 0.0769. The van der Waals surface area contributed by atoms with Crippen molar-refractivity contribution in [2.75, 3.05) is 23.9 Å². The third-order valence-corrected chi connectivity index (χ3v) is 13.9. The molecule has 0 saturated carbocycles. The molecule has 0 bridgehead atoms. The number of hydrogen-bond donors (Lipinski definition) is 0. The Balaban J connectivity index is 0.880. The van der Waals surface area contributed by atoms with Crippen LogP contribution in [0, 0.1) is 0 Å². The van der Waals surface area contributed by atoms with Crippen molar-refractivity contribution in [1.29, 1.82) is 0 Å². The summed E-state index contributed by atoms with van der Waals surface area (Å²) in [5.41, 5.74) is 24.3. The Kier molecular flexibility index (Phi) is 10.7. The molecule has 0 amide bonds. The van der Waals surface area contributed by atoms with Gasteiger partial charge in [0.1, 0.15) is 0 Å². The summed E-state index contributed by atoms with van der Waals surface area (Å²) in [6.07, 6.45) is 0. The molecule has 1 aliphatic carbocycles. The second-order valence-electron chi connectivity index (χ2n) is 18.3. The van der Waals surface area contributed by atoms with Crippen LogP contribution in [0.1, 0.15) is 25.0 Å². The molecule has 0 fully saturated rings. The van der Waals surface area contributed by atoms with Gasteiger partial charge in [0.05, 0.1) is 0 Å². The van der Waals surface area contributed by atoms with Gasteiger partial charge in [-0.25, -0.2) is 0 Å². The van der Waals surface area contributed by atoms with E-state index in [2.05, 4.69) is 280 Å². The molecule has 0 aromatic heterocycles. The summed E-state index contributed by atoms with van der Waals surface area (Å²) >= 11 is 0. The highest BCUT2D eigenvalue weighted by Gasteiger charge is 2.35. The van der Waals surface area contributed by atoms with Gasteiger partial charge in [-0.3, -0.25) is 0 Å². The molecule has 67 heavy (non-hydrogen) atoms. The highest BCUT2D eigenvalue weighted by Crippen LogP contribution is 2.50. The summed E-state index contributed by atoms with van der Waals surface area (Å²) in [7, 11) is 4.36. The largest absolute Gasteiger partial charge is 0.344 e. The van der Waals surface area contributed by atoms with E-state index in [1.54, 1.807) is 0 Å². The van der Waals surface area contributed by atoms with Crippen molar-refractivity contribution in [1.82, 2.24) is 0 Å². The lowest BCUT2D eigenvalue weighted by molar-refractivity contribution is 0.660. The molecule has 0 spiro atoms. The van der Waals surface area contributed by atoms with Gasteiger partial charge in [0.25, 0.3) is 0 Å². The van der Waals surface area contributed by atoms with Crippen molar-refractivity contribution >= 4 is 22.7 Å². The van der Waals surface area contributed by atoms with Crippen LogP contribution in [-0.4, -0.2) is 14.1 Å². The quantitative estimate of drug-likeness (QED) is 0.135. The van der Waals surface area contributed by atoms with Crippen molar-refractivity contribution in [3.05, 3.63) is 254 Å². The average Bonchev–Trinajstić information content (AvgIpc) is 3.63. The van der Waals surface area contributed by atoms with E-state index in [4.69, 9.17) is 0 Å². The maximum absolute atomic E-state index is 2.40. The van der Waals surface area contributed by atoms with Gasteiger partial charge in [0, 0.05) is 53.4 Å². The van der Waals surface area contributed by atoms with E-state index >= 15 is 0 Å². The topological polar surface area (TPSA) is 6.48 Å². The lowest BCUT2D eigenvalue weighted by Crippen LogP contribution is -2.16. The van der Waals surface area contributed by atoms with Crippen LogP contribution < -0.4 is 9.80 Å². The van der Waals surface area contributed by atoms with Crippen LogP contribution in [-0.2, 0) is 5.41 Å². The predicted octanol–water partition coefficient (Wildman–Crippen LogP) is 17.5. The Morgan fingerprint density at radius 2 is 0.642 bits per heavy atom. The summed E-state index contributed by atoms with van der Waals surface area (Å²) in [4.78, 5) is 4.65. The van der Waals surface area contributed by atoms with Gasteiger partial charge in [0.15, 0.2) is 0 Å². The van der Waals surface area contributed by atoms with Gasteiger partial charge >= 0.3 is 0 Å². The molecule has 0 heterocycles. The first kappa shape index (κ1) is 41.5. The average molecular weight is 861 g/mol. The molecule has 322 valence electrons. The van der Waals surface area contributed by atoms with Crippen molar-refractivity contribution < 1.29 is 0 Å². The highest BCUT2D eigenvalue weighted by atomic mass is 15.1. The van der Waals surface area contributed by atoms with Gasteiger partial charge < -0.3 is 9.80 Å². The molecule has 0 saturated heterocycles. The Bertz CT molecular complexity index is 3370. The second-order valence-corrected chi connectivity index (χ2v) is 18.3. The molecule has 2 heteroatoms. The van der Waals surface area contributed by atoms with Crippen molar-refractivity contribution in [3.8, 4) is 77.9 Å². The summed E-state index contributed by atoms with van der Waals surface area (Å²) in [5, 5.41) is 0. The van der Waals surface area contributed by atoms with E-state index in [0.717, 1.165) is 17.1 Å². The summed E-state index contributed by atoms with van der Waals surface area (Å²) in [6, 6.07) is 88.5. The number of hydrogen-bond acceptors (Lipinski definition) is 2. The molecule has 0 unspecified atom stereocenters. The van der Waals surface area contributed by atoms with Crippen LogP contribution in [0.5, 0.6) is 0 Å². The fourth-order valence-corrected chi connectivity index (χ4v) is 10.1. The van der Waals surface area contributed by atoms with E-state index in [0.29, 0.717) is 0 Å². The lowest BCUT2D eigenvalue weighted by Gasteiger charge is -2.27. The molecule has 10 aromatic carbocycles. The first-order valence-electron chi connectivity index (χ1n) is 23.3. The molecule has 0 N–H and O–H groups in total. The van der Waals surface area contributed by atoms with Crippen LogP contribution in [0.25, 0.3) is 77.9 Å². The van der Waals surface area contributed by atoms with Gasteiger partial charge in [-0.2, -0.15) is 0 Å². The van der Waals surface area contributed by atoms with Crippen LogP contribution in [0.2, 0.25) is 0 Å². The van der Waals surface area contributed by atoms with Gasteiger partial charge in [-0.05, 0) is 132 Å².